The molecule has 0 aliphatic carbocycles. The van der Waals surface area contributed by atoms with Crippen LogP contribution in [0.15, 0.2) is 33.5 Å². The summed E-state index contributed by atoms with van der Waals surface area (Å²) in [7, 11) is 0. The molecule has 0 saturated carbocycles. The normalized spacial score (nSPS) is 19.8. The molecular weight excluding hydrogens is 375 g/mol. The van der Waals surface area contributed by atoms with Crippen LogP contribution in [0.1, 0.15) is 30.9 Å². The second kappa shape index (κ2) is 10.3. The third kappa shape index (κ3) is 5.44. The lowest BCUT2D eigenvalue weighted by Crippen LogP contribution is -3.27. The molecule has 0 bridgehead atoms. The van der Waals surface area contributed by atoms with Crippen molar-refractivity contribution in [3.8, 4) is 0 Å². The Morgan fingerprint density at radius 1 is 1.08 bits per heavy atom. The molecular formula is C19H28Cl2N2O3. The summed E-state index contributed by atoms with van der Waals surface area (Å²) >= 11 is 0. The van der Waals surface area contributed by atoms with E-state index >= 15 is 0 Å². The molecule has 1 aliphatic rings. The summed E-state index contributed by atoms with van der Waals surface area (Å²) in [6, 6.07) is 7.80. The summed E-state index contributed by atoms with van der Waals surface area (Å²) in [6.07, 6.45) is 0. The highest BCUT2D eigenvalue weighted by atomic mass is 35.5. The van der Waals surface area contributed by atoms with Crippen LogP contribution in [0.2, 0.25) is 0 Å². The van der Waals surface area contributed by atoms with Gasteiger partial charge in [0.05, 0.1) is 6.61 Å². The lowest BCUT2D eigenvalue weighted by atomic mass is 9.99. The number of quaternary nitrogens is 2. The SMILES string of the molecule is CC(C)c1ccc2oc(=O)cc(C[NH+]3CC[NH+](CCO)CC3)c2c1.[Cl-].[Cl-]. The number of hydrogen-bond donors (Lipinski definition) is 3. The van der Waals surface area contributed by atoms with Gasteiger partial charge in [-0.25, -0.2) is 4.79 Å². The Labute approximate surface area is 166 Å². The maximum absolute atomic E-state index is 11.9. The molecule has 1 fully saturated rings. The van der Waals surface area contributed by atoms with E-state index in [1.54, 1.807) is 6.07 Å². The third-order valence-corrected chi connectivity index (χ3v) is 5.09. The number of rotatable bonds is 5. The summed E-state index contributed by atoms with van der Waals surface area (Å²) < 4.78 is 5.38. The average molecular weight is 403 g/mol. The molecule has 146 valence electrons. The van der Waals surface area contributed by atoms with Gasteiger partial charge in [0, 0.05) is 17.0 Å². The fourth-order valence-corrected chi connectivity index (χ4v) is 3.56. The van der Waals surface area contributed by atoms with E-state index in [0.29, 0.717) is 11.5 Å². The van der Waals surface area contributed by atoms with Crippen LogP contribution in [-0.4, -0.2) is 44.4 Å². The van der Waals surface area contributed by atoms with Crippen molar-refractivity contribution in [1.82, 2.24) is 0 Å². The lowest BCUT2D eigenvalue weighted by molar-refractivity contribution is -1.02. The van der Waals surface area contributed by atoms with Crippen molar-refractivity contribution in [2.45, 2.75) is 26.3 Å². The molecule has 1 aliphatic heterocycles. The van der Waals surface area contributed by atoms with Crippen LogP contribution in [-0.2, 0) is 6.54 Å². The molecule has 3 rings (SSSR count). The highest BCUT2D eigenvalue weighted by molar-refractivity contribution is 5.80. The molecule has 5 nitrogen and oxygen atoms in total. The molecule has 1 aromatic carbocycles. The number of fused-ring (bicyclic) bond motifs is 1. The van der Waals surface area contributed by atoms with Gasteiger partial charge in [0.1, 0.15) is 44.9 Å². The van der Waals surface area contributed by atoms with Crippen LogP contribution < -0.4 is 40.2 Å². The predicted molar refractivity (Wildman–Crippen MR) is 93.6 cm³/mol. The van der Waals surface area contributed by atoms with Crippen molar-refractivity contribution in [2.75, 3.05) is 39.3 Å². The fourth-order valence-electron chi connectivity index (χ4n) is 3.56. The molecule has 1 aromatic heterocycles. The third-order valence-electron chi connectivity index (χ3n) is 5.09. The molecule has 2 heterocycles. The number of hydrogen-bond acceptors (Lipinski definition) is 3. The summed E-state index contributed by atoms with van der Waals surface area (Å²) in [5.41, 5.74) is 2.78. The Hall–Kier alpha value is -1.11. The molecule has 26 heavy (non-hydrogen) atoms. The maximum atomic E-state index is 11.9. The summed E-state index contributed by atoms with van der Waals surface area (Å²) in [6.45, 7) is 10.6. The first-order valence-electron chi connectivity index (χ1n) is 8.91. The molecule has 0 atom stereocenters. The van der Waals surface area contributed by atoms with E-state index in [4.69, 9.17) is 9.52 Å². The fraction of sp³-hybridized carbons (Fsp3) is 0.526. The summed E-state index contributed by atoms with van der Waals surface area (Å²) in [4.78, 5) is 14.9. The molecule has 3 N–H and O–H groups in total. The van der Waals surface area contributed by atoms with Gasteiger partial charge in [-0.2, -0.15) is 0 Å². The van der Waals surface area contributed by atoms with E-state index < -0.39 is 0 Å². The molecule has 0 radical (unpaired) electrons. The Balaban J connectivity index is 0.00000169. The van der Waals surface area contributed by atoms with E-state index in [2.05, 4.69) is 19.9 Å². The zero-order chi connectivity index (χ0) is 17.1. The van der Waals surface area contributed by atoms with E-state index in [1.165, 1.54) is 15.4 Å². The summed E-state index contributed by atoms with van der Waals surface area (Å²) in [5, 5.41) is 10.1. The maximum Gasteiger partial charge on any atom is 0.336 e. The summed E-state index contributed by atoms with van der Waals surface area (Å²) in [5.74, 6) is 0.451. The molecule has 0 spiro atoms. The standard InChI is InChI=1S/C19H26N2O3.2ClH/c1-14(2)15-3-4-18-17(11-15)16(12-19(23)24-18)13-21-7-5-20(6-8-21)9-10-22;;/h3-4,11-12,14,22H,5-10,13H2,1-2H3;2*1H. The van der Waals surface area contributed by atoms with E-state index in [9.17, 15) is 4.79 Å². The largest absolute Gasteiger partial charge is 1.00 e. The Bertz CT molecular complexity index is 756. The second-order valence-electron chi connectivity index (χ2n) is 7.15. The highest BCUT2D eigenvalue weighted by Gasteiger charge is 2.23. The quantitative estimate of drug-likeness (QED) is 0.435. The van der Waals surface area contributed by atoms with Crippen molar-refractivity contribution >= 4 is 11.0 Å². The van der Waals surface area contributed by atoms with Crippen LogP contribution in [0.25, 0.3) is 11.0 Å². The zero-order valence-corrected chi connectivity index (χ0v) is 16.9. The van der Waals surface area contributed by atoms with E-state index in [1.807, 2.05) is 12.1 Å². The van der Waals surface area contributed by atoms with Crippen LogP contribution in [0, 0.1) is 0 Å². The minimum atomic E-state index is -0.265. The molecule has 7 heteroatoms. The molecule has 0 amide bonds. The van der Waals surface area contributed by atoms with Crippen molar-refractivity contribution in [2.24, 2.45) is 0 Å². The number of aliphatic hydroxyl groups excluding tert-OH is 1. The van der Waals surface area contributed by atoms with Gasteiger partial charge in [-0.1, -0.05) is 19.9 Å². The van der Waals surface area contributed by atoms with Gasteiger partial charge in [0.15, 0.2) is 0 Å². The highest BCUT2D eigenvalue weighted by Crippen LogP contribution is 2.22. The van der Waals surface area contributed by atoms with Crippen molar-refractivity contribution < 1.29 is 44.1 Å². The smallest absolute Gasteiger partial charge is 0.336 e. The van der Waals surface area contributed by atoms with Gasteiger partial charge >= 0.3 is 5.63 Å². The first-order valence-corrected chi connectivity index (χ1v) is 8.91. The van der Waals surface area contributed by atoms with Gasteiger partial charge in [0.25, 0.3) is 0 Å². The zero-order valence-electron chi connectivity index (χ0n) is 15.4. The van der Waals surface area contributed by atoms with Gasteiger partial charge in [0.2, 0.25) is 0 Å². The van der Waals surface area contributed by atoms with Crippen LogP contribution in [0.3, 0.4) is 0 Å². The van der Waals surface area contributed by atoms with E-state index in [0.717, 1.165) is 50.2 Å². The number of halogens is 2. The Kier molecular flexibility index (Phi) is 9.07. The first-order chi connectivity index (χ1) is 11.6. The van der Waals surface area contributed by atoms with Gasteiger partial charge in [-0.05, 0) is 23.6 Å². The monoisotopic (exact) mass is 402 g/mol. The number of benzene rings is 1. The average Bonchev–Trinajstić information content (AvgIpc) is 2.56. The van der Waals surface area contributed by atoms with Gasteiger partial charge in [-0.15, -0.1) is 0 Å². The molecule has 0 unspecified atom stereocenters. The first kappa shape index (κ1) is 22.9. The van der Waals surface area contributed by atoms with Gasteiger partial charge in [-0.3, -0.25) is 0 Å². The van der Waals surface area contributed by atoms with E-state index in [-0.39, 0.29) is 37.0 Å². The molecule has 2 aromatic rings. The topological polar surface area (TPSA) is 59.3 Å². The number of piperazine rings is 1. The van der Waals surface area contributed by atoms with Crippen LogP contribution in [0.4, 0.5) is 0 Å². The lowest BCUT2D eigenvalue weighted by Gasteiger charge is -2.29. The Morgan fingerprint density at radius 3 is 2.35 bits per heavy atom. The van der Waals surface area contributed by atoms with Crippen molar-refractivity contribution in [3.63, 3.8) is 0 Å². The molecule has 1 saturated heterocycles. The van der Waals surface area contributed by atoms with Crippen LogP contribution >= 0.6 is 0 Å². The van der Waals surface area contributed by atoms with Crippen molar-refractivity contribution in [1.29, 1.82) is 0 Å². The predicted octanol–water partition coefficient (Wildman–Crippen LogP) is -6.80. The minimum absolute atomic E-state index is 0. The number of aliphatic hydroxyl groups is 1. The number of nitrogens with one attached hydrogen (secondary N) is 2. The minimum Gasteiger partial charge on any atom is -1.00 e. The second-order valence-corrected chi connectivity index (χ2v) is 7.15. The van der Waals surface area contributed by atoms with Crippen molar-refractivity contribution in [3.05, 3.63) is 45.8 Å². The van der Waals surface area contributed by atoms with Crippen LogP contribution in [0.5, 0.6) is 0 Å². The van der Waals surface area contributed by atoms with Gasteiger partial charge < -0.3 is 44.1 Å². The Morgan fingerprint density at radius 2 is 1.73 bits per heavy atom.